The Labute approximate surface area is 243 Å². The molecule has 3 heteroatoms. The predicted molar refractivity (Wildman–Crippen MR) is 174 cm³/mol. The third-order valence-electron chi connectivity index (χ3n) is 11.2. The molecule has 5 aromatic carbocycles. The molecule has 0 aromatic heterocycles. The van der Waals surface area contributed by atoms with Gasteiger partial charge in [-0.25, -0.2) is 0 Å². The number of benzene rings is 5. The van der Waals surface area contributed by atoms with Gasteiger partial charge in [0.2, 0.25) is 0 Å². The molecule has 5 aromatic rings. The fourth-order valence-electron chi connectivity index (χ4n) is 8.58. The highest BCUT2D eigenvalue weighted by atomic mass is 15.3. The van der Waals surface area contributed by atoms with Crippen LogP contribution < -0.4 is 26.2 Å². The van der Waals surface area contributed by atoms with Crippen LogP contribution in [-0.4, -0.2) is 19.3 Å². The monoisotopic (exact) mass is 528 g/mol. The third-order valence-corrected chi connectivity index (χ3v) is 11.2. The molecule has 9 rings (SSSR count). The van der Waals surface area contributed by atoms with Crippen molar-refractivity contribution in [2.75, 3.05) is 16.8 Å². The number of hydrogen-bond acceptors (Lipinski definition) is 2. The Kier molecular flexibility index (Phi) is 4.31. The lowest BCUT2D eigenvalue weighted by atomic mass is 9.33. The van der Waals surface area contributed by atoms with Crippen LogP contribution in [0.25, 0.3) is 11.1 Å². The lowest BCUT2D eigenvalue weighted by Gasteiger charge is -2.48. The van der Waals surface area contributed by atoms with Gasteiger partial charge in [-0.05, 0) is 81.8 Å². The second kappa shape index (κ2) is 7.53. The number of hydrogen-bond donors (Lipinski definition) is 0. The lowest BCUT2D eigenvalue weighted by molar-refractivity contribution is 0.330. The molecule has 0 bridgehead atoms. The van der Waals surface area contributed by atoms with Gasteiger partial charge in [-0.15, -0.1) is 0 Å². The summed E-state index contributed by atoms with van der Waals surface area (Å²) in [7, 11) is 2.26. The van der Waals surface area contributed by atoms with Crippen LogP contribution in [-0.2, 0) is 5.41 Å². The Hall–Kier alpha value is -4.24. The highest BCUT2D eigenvalue weighted by Crippen LogP contribution is 2.56. The van der Waals surface area contributed by atoms with Gasteiger partial charge < -0.3 is 9.80 Å². The van der Waals surface area contributed by atoms with Gasteiger partial charge in [0.1, 0.15) is 0 Å². The standard InChI is InChI=1S/C38H33BN2/c1-37(2)28-16-10-17-30-36(28)41(38(37,3)4)32-19-11-18-31-35(32)39(30)29-21-20-23(22-33(29)40(31)5)34-26-14-8-6-12-24(26)25-13-7-9-15-27(25)34/h6-22,34H,1-5H3. The van der Waals surface area contributed by atoms with Gasteiger partial charge in [0.25, 0.3) is 6.71 Å². The minimum Gasteiger partial charge on any atom is -0.345 e. The van der Waals surface area contributed by atoms with Crippen LogP contribution in [0.4, 0.5) is 22.7 Å². The number of rotatable bonds is 1. The molecule has 2 nitrogen and oxygen atoms in total. The molecule has 0 fully saturated rings. The van der Waals surface area contributed by atoms with Crippen molar-refractivity contribution < 1.29 is 0 Å². The first-order chi connectivity index (χ1) is 19.8. The van der Waals surface area contributed by atoms with Crippen LogP contribution in [0.5, 0.6) is 0 Å². The van der Waals surface area contributed by atoms with E-state index in [1.807, 2.05) is 0 Å². The molecule has 1 aliphatic carbocycles. The largest absolute Gasteiger partial charge is 0.345 e. The average molecular weight is 529 g/mol. The fourth-order valence-corrected chi connectivity index (χ4v) is 8.58. The van der Waals surface area contributed by atoms with Crippen molar-refractivity contribution in [3.05, 3.63) is 125 Å². The summed E-state index contributed by atoms with van der Waals surface area (Å²) in [5.74, 6) is 0.248. The van der Waals surface area contributed by atoms with Gasteiger partial charge in [-0.1, -0.05) is 98.8 Å². The lowest BCUT2D eigenvalue weighted by Crippen LogP contribution is -2.63. The number of anilines is 4. The van der Waals surface area contributed by atoms with Crippen LogP contribution in [0, 0.1) is 0 Å². The quantitative estimate of drug-likeness (QED) is 0.213. The molecule has 0 atom stereocenters. The zero-order valence-electron chi connectivity index (χ0n) is 24.4. The highest BCUT2D eigenvalue weighted by molar-refractivity contribution is 7.00. The van der Waals surface area contributed by atoms with Crippen molar-refractivity contribution in [2.24, 2.45) is 0 Å². The minimum absolute atomic E-state index is 0.0242. The fraction of sp³-hybridized carbons (Fsp3) is 0.211. The summed E-state index contributed by atoms with van der Waals surface area (Å²) in [5.41, 5.74) is 18.1. The summed E-state index contributed by atoms with van der Waals surface area (Å²) in [6.45, 7) is 9.90. The molecule has 0 amide bonds. The van der Waals surface area contributed by atoms with Crippen molar-refractivity contribution in [3.8, 4) is 11.1 Å². The van der Waals surface area contributed by atoms with E-state index >= 15 is 0 Å². The van der Waals surface area contributed by atoms with Gasteiger partial charge in [-0.3, -0.25) is 0 Å². The van der Waals surface area contributed by atoms with E-state index in [4.69, 9.17) is 0 Å². The highest BCUT2D eigenvalue weighted by Gasteiger charge is 2.56. The maximum atomic E-state index is 2.66. The van der Waals surface area contributed by atoms with E-state index in [0.29, 0.717) is 0 Å². The smallest absolute Gasteiger partial charge is 0.252 e. The molecular formula is C38H33BN2. The summed E-state index contributed by atoms with van der Waals surface area (Å²) < 4.78 is 0. The van der Waals surface area contributed by atoms with Gasteiger partial charge >= 0.3 is 0 Å². The van der Waals surface area contributed by atoms with Gasteiger partial charge in [0.15, 0.2) is 0 Å². The normalized spacial score (nSPS) is 18.0. The van der Waals surface area contributed by atoms with Gasteiger partial charge in [0.05, 0.1) is 0 Å². The Morgan fingerprint density at radius 3 is 2.02 bits per heavy atom. The Balaban J connectivity index is 1.29. The molecule has 0 saturated carbocycles. The van der Waals surface area contributed by atoms with E-state index in [1.165, 1.54) is 72.5 Å². The molecule has 0 spiro atoms. The zero-order valence-corrected chi connectivity index (χ0v) is 24.4. The number of para-hydroxylation sites is 1. The first-order valence-corrected chi connectivity index (χ1v) is 14.9. The summed E-state index contributed by atoms with van der Waals surface area (Å²) in [4.78, 5) is 5.11. The molecule has 198 valence electrons. The van der Waals surface area contributed by atoms with Gasteiger partial charge in [-0.2, -0.15) is 0 Å². The van der Waals surface area contributed by atoms with E-state index in [-0.39, 0.29) is 23.6 Å². The molecular weight excluding hydrogens is 495 g/mol. The Bertz CT molecular complexity index is 1910. The summed E-state index contributed by atoms with van der Waals surface area (Å²) >= 11 is 0. The zero-order chi connectivity index (χ0) is 27.8. The van der Waals surface area contributed by atoms with Crippen molar-refractivity contribution in [1.29, 1.82) is 0 Å². The maximum absolute atomic E-state index is 2.66. The third kappa shape index (κ3) is 2.66. The van der Waals surface area contributed by atoms with Crippen molar-refractivity contribution in [3.63, 3.8) is 0 Å². The van der Waals surface area contributed by atoms with E-state index in [9.17, 15) is 0 Å². The number of fused-ring (bicyclic) bond motifs is 7. The topological polar surface area (TPSA) is 6.48 Å². The first kappa shape index (κ1) is 23.5. The van der Waals surface area contributed by atoms with Crippen LogP contribution in [0.15, 0.2) is 103 Å². The molecule has 41 heavy (non-hydrogen) atoms. The maximum Gasteiger partial charge on any atom is 0.252 e. The second-order valence-corrected chi connectivity index (χ2v) is 13.4. The van der Waals surface area contributed by atoms with Gasteiger partial charge in [0, 0.05) is 46.7 Å². The molecule has 0 radical (unpaired) electrons. The molecule has 0 unspecified atom stereocenters. The first-order valence-electron chi connectivity index (χ1n) is 14.9. The van der Waals surface area contributed by atoms with Crippen LogP contribution in [0.3, 0.4) is 0 Å². The summed E-state index contributed by atoms with van der Waals surface area (Å²) in [5, 5.41) is 0. The SMILES string of the molecule is CN1c2cc(C3c4ccccc4-c4ccccc43)ccc2B2c3cccc4c3N(c3cccc1c32)C(C)(C)C4(C)C. The predicted octanol–water partition coefficient (Wildman–Crippen LogP) is 6.97. The molecule has 0 saturated heterocycles. The van der Waals surface area contributed by atoms with Crippen LogP contribution in [0.2, 0.25) is 0 Å². The Morgan fingerprint density at radius 2 is 1.29 bits per heavy atom. The van der Waals surface area contributed by atoms with E-state index in [1.54, 1.807) is 0 Å². The van der Waals surface area contributed by atoms with E-state index in [0.717, 1.165) is 0 Å². The summed E-state index contributed by atoms with van der Waals surface area (Å²) in [6.07, 6.45) is 0. The molecule has 3 aliphatic heterocycles. The average Bonchev–Trinajstić information content (AvgIpc) is 3.40. The second-order valence-electron chi connectivity index (χ2n) is 13.4. The van der Waals surface area contributed by atoms with Crippen molar-refractivity contribution >= 4 is 45.9 Å². The molecule has 0 N–H and O–H groups in total. The summed E-state index contributed by atoms with van der Waals surface area (Å²) in [6, 6.07) is 39.2. The Morgan fingerprint density at radius 1 is 0.634 bits per heavy atom. The van der Waals surface area contributed by atoms with Crippen LogP contribution >= 0.6 is 0 Å². The molecule has 4 aliphatic rings. The van der Waals surface area contributed by atoms with Crippen molar-refractivity contribution in [2.45, 2.75) is 44.6 Å². The van der Waals surface area contributed by atoms with E-state index < -0.39 is 0 Å². The van der Waals surface area contributed by atoms with Crippen molar-refractivity contribution in [1.82, 2.24) is 0 Å². The molecule has 3 heterocycles. The minimum atomic E-state index is -0.0442. The van der Waals surface area contributed by atoms with E-state index in [2.05, 4.69) is 148 Å². The number of nitrogens with zero attached hydrogens (tertiary/aromatic N) is 2. The van der Waals surface area contributed by atoms with Crippen LogP contribution in [0.1, 0.15) is 55.9 Å².